The molecule has 12 nitrogen and oxygen atoms in total. The minimum absolute atomic E-state index is 0.0736. The Labute approximate surface area is 343 Å². The summed E-state index contributed by atoms with van der Waals surface area (Å²) >= 11 is 0. The van der Waals surface area contributed by atoms with Crippen molar-refractivity contribution in [2.75, 3.05) is 27.3 Å². The molecule has 6 N–H and O–H groups in total. The molecule has 1 heterocycles. The highest BCUT2D eigenvalue weighted by Gasteiger charge is 2.79. The molecule has 2 bridgehead atoms. The van der Waals surface area contributed by atoms with Gasteiger partial charge in [0.25, 0.3) is 0 Å². The Kier molecular flexibility index (Phi) is 10.4. The van der Waals surface area contributed by atoms with Crippen LogP contribution in [0.5, 0.6) is 0 Å². The van der Waals surface area contributed by atoms with E-state index in [-0.39, 0.29) is 57.2 Å². The number of methoxy groups -OCH3 is 1. The summed E-state index contributed by atoms with van der Waals surface area (Å²) in [5, 5.41) is 57.1. The predicted molar refractivity (Wildman–Crippen MR) is 213 cm³/mol. The van der Waals surface area contributed by atoms with Crippen LogP contribution in [0.2, 0.25) is 0 Å². The van der Waals surface area contributed by atoms with Crippen molar-refractivity contribution in [3.8, 4) is 0 Å². The van der Waals surface area contributed by atoms with Gasteiger partial charge in [-0.05, 0) is 134 Å². The van der Waals surface area contributed by atoms with Crippen LogP contribution in [0.25, 0.3) is 0 Å². The fraction of sp³-hybridized carbons (Fsp3) is 0.848. The number of rotatable bonds is 11. The number of aldehydes is 1. The Morgan fingerprint density at radius 2 is 1.76 bits per heavy atom. The van der Waals surface area contributed by atoms with E-state index in [2.05, 4.69) is 58.2 Å². The summed E-state index contributed by atoms with van der Waals surface area (Å²) in [6, 6.07) is 0. The van der Waals surface area contributed by atoms with Crippen LogP contribution in [0.3, 0.4) is 0 Å². The van der Waals surface area contributed by atoms with Crippen molar-refractivity contribution in [2.24, 2.45) is 73.4 Å². The molecule has 8 aliphatic rings. The molecule has 5 saturated carbocycles. The molecule has 0 radical (unpaired) electrons. The molecule has 12 heteroatoms. The summed E-state index contributed by atoms with van der Waals surface area (Å²) in [6.07, 6.45) is 7.63. The second-order valence-corrected chi connectivity index (χ2v) is 21.7. The molecule has 1 aliphatic heterocycles. The van der Waals surface area contributed by atoms with E-state index in [0.717, 1.165) is 51.4 Å². The number of hydrogen-bond acceptors (Lipinski definition) is 10. The van der Waals surface area contributed by atoms with E-state index in [4.69, 9.17) is 14.2 Å². The van der Waals surface area contributed by atoms with Crippen molar-refractivity contribution in [1.82, 2.24) is 5.32 Å². The van der Waals surface area contributed by atoms with E-state index in [9.17, 15) is 39.9 Å². The molecule has 0 unspecified atom stereocenters. The first-order valence-corrected chi connectivity index (χ1v) is 22.1. The lowest BCUT2D eigenvalue weighted by Gasteiger charge is -2.78. The first-order valence-electron chi connectivity index (χ1n) is 22.1. The summed E-state index contributed by atoms with van der Waals surface area (Å²) in [5.41, 5.74) is -1.79. The van der Waals surface area contributed by atoms with Crippen molar-refractivity contribution in [3.63, 3.8) is 0 Å². The Bertz CT molecular complexity index is 1730. The third-order valence-electron chi connectivity index (χ3n) is 19.0. The zero-order chi connectivity index (χ0) is 42.0. The monoisotopic (exact) mass is 811 g/mol. The lowest BCUT2D eigenvalue weighted by atomic mass is 9.25. The maximum atomic E-state index is 14.2. The maximum Gasteiger partial charge on any atom is 0.335 e. The fourth-order valence-electron chi connectivity index (χ4n) is 17.1. The van der Waals surface area contributed by atoms with Crippen LogP contribution in [-0.4, -0.2) is 108 Å². The van der Waals surface area contributed by atoms with Gasteiger partial charge >= 0.3 is 11.9 Å². The van der Waals surface area contributed by atoms with Crippen LogP contribution in [0.1, 0.15) is 105 Å². The van der Waals surface area contributed by atoms with Gasteiger partial charge in [0.15, 0.2) is 12.4 Å². The largest absolute Gasteiger partial charge is 0.481 e. The number of carboxylic acids is 2. The van der Waals surface area contributed by atoms with Crippen LogP contribution >= 0.6 is 0 Å². The summed E-state index contributed by atoms with van der Waals surface area (Å²) in [4.78, 5) is 38.7. The summed E-state index contributed by atoms with van der Waals surface area (Å²) in [5.74, 6) is -1.33. The van der Waals surface area contributed by atoms with Crippen LogP contribution in [-0.2, 0) is 28.6 Å². The van der Waals surface area contributed by atoms with Crippen molar-refractivity contribution in [2.45, 2.75) is 142 Å². The van der Waals surface area contributed by atoms with Gasteiger partial charge in [-0.2, -0.15) is 0 Å². The van der Waals surface area contributed by atoms with E-state index in [1.807, 2.05) is 7.05 Å². The van der Waals surface area contributed by atoms with Crippen LogP contribution in [0.4, 0.5) is 0 Å². The minimum Gasteiger partial charge on any atom is -0.481 e. The average Bonchev–Trinajstić information content (AvgIpc) is 3.14. The maximum absolute atomic E-state index is 14.2. The number of aliphatic hydroxyl groups excluding tert-OH is 3. The Balaban J connectivity index is 1.27. The van der Waals surface area contributed by atoms with E-state index in [0.29, 0.717) is 38.7 Å². The van der Waals surface area contributed by atoms with E-state index in [1.54, 1.807) is 7.11 Å². The number of hydrogen-bond donors (Lipinski definition) is 6. The number of carboxylic acid groups (broad SMARTS) is 2. The van der Waals surface area contributed by atoms with E-state index in [1.165, 1.54) is 5.57 Å². The number of aliphatic carboxylic acids is 2. The van der Waals surface area contributed by atoms with E-state index >= 15 is 0 Å². The van der Waals surface area contributed by atoms with Gasteiger partial charge in [0, 0.05) is 24.9 Å². The molecule has 1 saturated heterocycles. The second-order valence-electron chi connectivity index (χ2n) is 21.7. The molecular formula is C46H69NO11. The van der Waals surface area contributed by atoms with Gasteiger partial charge in [-0.15, -0.1) is 0 Å². The molecule has 8 rings (SSSR count). The number of aliphatic hydroxyl groups is 3. The first kappa shape index (κ1) is 42.5. The van der Waals surface area contributed by atoms with Crippen molar-refractivity contribution in [3.05, 3.63) is 23.8 Å². The molecule has 0 aromatic rings. The lowest BCUT2D eigenvalue weighted by Crippen LogP contribution is -2.74. The normalized spacial score (nSPS) is 52.3. The molecule has 0 amide bonds. The third-order valence-corrected chi connectivity index (χ3v) is 19.0. The molecule has 324 valence electrons. The lowest BCUT2D eigenvalue weighted by molar-refractivity contribution is -0.336. The number of nitrogens with one attached hydrogen (secondary N) is 1. The highest BCUT2D eigenvalue weighted by atomic mass is 16.7. The Morgan fingerprint density at radius 1 is 1.02 bits per heavy atom. The quantitative estimate of drug-likeness (QED) is 0.0934. The van der Waals surface area contributed by atoms with Crippen LogP contribution in [0, 0.1) is 73.4 Å². The topological polar surface area (TPSA) is 192 Å². The number of allylic oxidation sites excluding steroid dienone is 4. The van der Waals surface area contributed by atoms with Gasteiger partial charge in [-0.1, -0.05) is 58.4 Å². The number of ether oxygens (including phenoxy) is 3. The molecule has 1 spiro atoms. The average molecular weight is 812 g/mol. The fourth-order valence-corrected chi connectivity index (χ4v) is 17.1. The molecule has 58 heavy (non-hydrogen) atoms. The summed E-state index contributed by atoms with van der Waals surface area (Å²) in [6.45, 7) is 13.0. The minimum atomic E-state index is -1.80. The Morgan fingerprint density at radius 3 is 2.41 bits per heavy atom. The number of carbonyl (C=O) groups is 3. The van der Waals surface area contributed by atoms with Crippen LogP contribution < -0.4 is 5.32 Å². The van der Waals surface area contributed by atoms with Gasteiger partial charge in [0.05, 0.1) is 18.1 Å². The molecular weight excluding hydrogens is 743 g/mol. The third kappa shape index (κ3) is 5.39. The zero-order valence-electron chi connectivity index (χ0n) is 35.6. The van der Waals surface area contributed by atoms with Gasteiger partial charge in [0.1, 0.15) is 24.6 Å². The number of carbonyl (C=O) groups excluding carboxylic acids is 1. The SMILES string of the molecule is CNC[C@@H]1C[C@H]2C=C3[C@@](CCC=O)(CC[C@@]4(C(=O)O)[C@@H](COC)C[C@]5(C)CC=C[C@]34C5)[C@]3(C)CC[C@H]4C(C)(C)[C@@H](O[C@@H]5O[C@H](C(=O)O)[C@@H](O)[C@H](O)[C@H]5O)C[C@@H]1[C@]4(C)[C@@H]23. The van der Waals surface area contributed by atoms with Crippen molar-refractivity contribution < 1.29 is 54.1 Å². The molecule has 18 atom stereocenters. The summed E-state index contributed by atoms with van der Waals surface area (Å²) < 4.78 is 18.3. The molecule has 6 fully saturated rings. The predicted octanol–water partition coefficient (Wildman–Crippen LogP) is 4.98. The van der Waals surface area contributed by atoms with Gasteiger partial charge < -0.3 is 49.9 Å². The smallest absolute Gasteiger partial charge is 0.335 e. The Hall–Kier alpha value is -2.19. The van der Waals surface area contributed by atoms with Crippen LogP contribution in [0.15, 0.2) is 23.8 Å². The van der Waals surface area contributed by atoms with Crippen molar-refractivity contribution in [1.29, 1.82) is 0 Å². The first-order chi connectivity index (χ1) is 27.3. The summed E-state index contributed by atoms with van der Waals surface area (Å²) in [7, 11) is 3.68. The molecule has 0 aromatic carbocycles. The second kappa shape index (κ2) is 14.2. The van der Waals surface area contributed by atoms with Crippen molar-refractivity contribution >= 4 is 18.2 Å². The molecule has 7 aliphatic carbocycles. The highest BCUT2D eigenvalue weighted by Crippen LogP contribution is 2.83. The van der Waals surface area contributed by atoms with Gasteiger partial charge in [-0.3, -0.25) is 4.79 Å². The van der Waals surface area contributed by atoms with E-state index < -0.39 is 65.0 Å². The number of fused-ring (bicyclic) bond motifs is 3. The highest BCUT2D eigenvalue weighted by molar-refractivity contribution is 5.79. The van der Waals surface area contributed by atoms with Gasteiger partial charge in [-0.25, -0.2) is 4.79 Å². The zero-order valence-corrected chi connectivity index (χ0v) is 35.6. The van der Waals surface area contributed by atoms with Gasteiger partial charge in [0.2, 0.25) is 0 Å². The molecule has 0 aromatic heterocycles. The standard InChI is InChI=1S/C46H69NO11/c1-40(2)29-10-14-42(4)36-25(18-26(22-47-6)28(43(29,36)5)20-31(40)57-38-34(51)32(49)33(50)35(58-38)37(52)53)19-30-44(42,13-9-17-48)15-16-46(39(54)55)27(23-56-7)21-41(3)11-8-12-45(30,46)24-41/h8,12,17,19,25-29,31-36,38,47,49-51H,9-11,13-16,18,20-24H2,1-7H3,(H,52,53)(H,54,55)/t25-,26-,27+,28-,29-,31-,32-,33-,34+,35-,36-,38+,41-,42+,43-,44+,45-,46-/m0/s1.